The third kappa shape index (κ3) is 3.34. The Morgan fingerprint density at radius 3 is 1.10 bits per heavy atom. The monoisotopic (exact) mass is 312 g/mol. The smallest absolute Gasteiger partial charge is 0.256 e. The lowest BCUT2D eigenvalue weighted by Gasteiger charge is -2.18. The van der Waals surface area contributed by atoms with Crippen molar-refractivity contribution in [3.63, 3.8) is 0 Å². The molecule has 0 heterocycles. The molecule has 21 heavy (non-hydrogen) atoms. The molecule has 14 heteroatoms. The van der Waals surface area contributed by atoms with E-state index >= 15 is 0 Å². The lowest BCUT2D eigenvalue weighted by molar-refractivity contribution is -0.871. The largest absolute Gasteiger partial charge is 0.580 e. The zero-order valence-electron chi connectivity index (χ0n) is 11.0. The van der Waals surface area contributed by atoms with Gasteiger partial charge in [0, 0.05) is 0 Å². The van der Waals surface area contributed by atoms with E-state index < -0.39 is 51.0 Å². The highest BCUT2D eigenvalue weighted by molar-refractivity contribution is 4.52. The highest BCUT2D eigenvalue weighted by Crippen LogP contribution is 2.22. The zero-order valence-corrected chi connectivity index (χ0v) is 11.0. The molecule has 0 rings (SSSR count). The minimum Gasteiger partial charge on any atom is -0.256 e. The fraction of sp³-hybridized carbons (Fsp3) is 1.00. The molecule has 0 N–H and O–H groups in total. The number of ether oxygens (including phenoxy) is 2. The Kier molecular flexibility index (Phi) is 6.00. The molecule has 0 aliphatic rings. The SMILES string of the molecule is CCC(OCOC(CC)([N+](=O)[O-])[N+](=O)[O-])([N+](=O)[O-])[N+](=O)[O-]. The second kappa shape index (κ2) is 6.80. The van der Waals surface area contributed by atoms with Crippen LogP contribution in [0.25, 0.3) is 0 Å². The van der Waals surface area contributed by atoms with Crippen LogP contribution in [0.2, 0.25) is 0 Å². The molecule has 0 aliphatic carbocycles. The summed E-state index contributed by atoms with van der Waals surface area (Å²) in [6.07, 6.45) is -1.43. The van der Waals surface area contributed by atoms with Crippen LogP contribution in [0.4, 0.5) is 0 Å². The van der Waals surface area contributed by atoms with Crippen LogP contribution in [0.5, 0.6) is 0 Å². The molecule has 0 amide bonds. The van der Waals surface area contributed by atoms with E-state index in [0.29, 0.717) is 0 Å². The maximum Gasteiger partial charge on any atom is 0.580 e. The zero-order chi connectivity index (χ0) is 16.8. The van der Waals surface area contributed by atoms with Crippen LogP contribution < -0.4 is 0 Å². The van der Waals surface area contributed by atoms with E-state index in [1.54, 1.807) is 0 Å². The van der Waals surface area contributed by atoms with Crippen LogP contribution in [0.15, 0.2) is 0 Å². The van der Waals surface area contributed by atoms with Gasteiger partial charge in [-0.3, -0.25) is 40.5 Å². The van der Waals surface area contributed by atoms with E-state index in [4.69, 9.17) is 0 Å². The molecular formula is C7H12N4O10. The third-order valence-corrected chi connectivity index (χ3v) is 2.64. The number of nitro groups is 4. The van der Waals surface area contributed by atoms with Gasteiger partial charge >= 0.3 is 11.7 Å². The van der Waals surface area contributed by atoms with Crippen molar-refractivity contribution in [2.75, 3.05) is 6.79 Å². The summed E-state index contributed by atoms with van der Waals surface area (Å²) in [6.45, 7) is 0.769. The molecule has 0 saturated heterocycles. The van der Waals surface area contributed by atoms with Crippen LogP contribution in [0.1, 0.15) is 26.7 Å². The molecule has 0 aromatic heterocycles. The average molecular weight is 312 g/mol. The molecule has 120 valence electrons. The van der Waals surface area contributed by atoms with Gasteiger partial charge in [0.1, 0.15) is 32.5 Å². The Morgan fingerprint density at radius 2 is 0.952 bits per heavy atom. The molecule has 14 nitrogen and oxygen atoms in total. The van der Waals surface area contributed by atoms with Crippen LogP contribution in [0, 0.1) is 40.5 Å². The first-order valence-corrected chi connectivity index (χ1v) is 5.46. The van der Waals surface area contributed by atoms with Crippen LogP contribution >= 0.6 is 0 Å². The van der Waals surface area contributed by atoms with Crippen molar-refractivity contribution in [1.29, 1.82) is 0 Å². The fourth-order valence-corrected chi connectivity index (χ4v) is 1.28. The Labute approximate surface area is 116 Å². The maximum absolute atomic E-state index is 10.7. The Bertz CT molecular complexity index is 383. The molecule has 0 aromatic carbocycles. The van der Waals surface area contributed by atoms with E-state index in [9.17, 15) is 40.5 Å². The number of nitrogens with zero attached hydrogens (tertiary/aromatic N) is 4. The van der Waals surface area contributed by atoms with E-state index in [1.165, 1.54) is 0 Å². The van der Waals surface area contributed by atoms with E-state index in [-0.39, 0.29) is 0 Å². The molecule has 0 fully saturated rings. The number of rotatable bonds is 10. The lowest BCUT2D eigenvalue weighted by atomic mass is 10.3. The quantitative estimate of drug-likeness (QED) is 0.306. The van der Waals surface area contributed by atoms with Crippen molar-refractivity contribution < 1.29 is 29.2 Å². The molecule has 0 aliphatic heterocycles. The third-order valence-electron chi connectivity index (χ3n) is 2.64. The topological polar surface area (TPSA) is 191 Å². The van der Waals surface area contributed by atoms with Crippen molar-refractivity contribution in [3.05, 3.63) is 40.5 Å². The number of hydrogen-bond donors (Lipinski definition) is 0. The molecule has 0 aromatic rings. The summed E-state index contributed by atoms with van der Waals surface area (Å²) in [5, 5.41) is 42.8. The van der Waals surface area contributed by atoms with Crippen molar-refractivity contribution in [2.45, 2.75) is 38.4 Å². The van der Waals surface area contributed by atoms with Crippen LogP contribution in [0.3, 0.4) is 0 Å². The molecule has 0 radical (unpaired) electrons. The van der Waals surface area contributed by atoms with Crippen molar-refractivity contribution >= 4 is 0 Å². The van der Waals surface area contributed by atoms with E-state index in [2.05, 4.69) is 9.47 Å². The fourth-order valence-electron chi connectivity index (χ4n) is 1.28. The minimum absolute atomic E-state index is 0.716. The summed E-state index contributed by atoms with van der Waals surface area (Å²) in [6, 6.07) is 0. The highest BCUT2D eigenvalue weighted by atomic mass is 16.8. The van der Waals surface area contributed by atoms with Crippen LogP contribution in [-0.2, 0) is 9.47 Å². The van der Waals surface area contributed by atoms with Gasteiger partial charge in [0.2, 0.25) is 0 Å². The van der Waals surface area contributed by atoms with Crippen molar-refractivity contribution in [2.24, 2.45) is 0 Å². The average Bonchev–Trinajstić information content (AvgIpc) is 2.37. The maximum atomic E-state index is 10.7. The van der Waals surface area contributed by atoms with Gasteiger partial charge in [-0.25, -0.2) is 9.47 Å². The summed E-state index contributed by atoms with van der Waals surface area (Å²) in [5.74, 6) is -6.18. The van der Waals surface area contributed by atoms with Crippen molar-refractivity contribution in [3.8, 4) is 0 Å². The van der Waals surface area contributed by atoms with E-state index in [1.807, 2.05) is 0 Å². The predicted molar refractivity (Wildman–Crippen MR) is 61.1 cm³/mol. The molecule has 0 atom stereocenters. The first kappa shape index (κ1) is 18.5. The minimum atomic E-state index is -3.09. The summed E-state index contributed by atoms with van der Waals surface area (Å²) in [5.41, 5.74) is 0. The summed E-state index contributed by atoms with van der Waals surface area (Å²) < 4.78 is 8.66. The summed E-state index contributed by atoms with van der Waals surface area (Å²) >= 11 is 0. The molecule has 0 unspecified atom stereocenters. The van der Waals surface area contributed by atoms with Gasteiger partial charge in [0.25, 0.3) is 0 Å². The molecule has 0 bridgehead atoms. The summed E-state index contributed by atoms with van der Waals surface area (Å²) in [4.78, 5) is 37.4. The van der Waals surface area contributed by atoms with Gasteiger partial charge in [-0.2, -0.15) is 0 Å². The van der Waals surface area contributed by atoms with Gasteiger partial charge in [0.15, 0.2) is 6.79 Å². The van der Waals surface area contributed by atoms with Gasteiger partial charge in [0.05, 0.1) is 0 Å². The first-order valence-electron chi connectivity index (χ1n) is 5.46. The van der Waals surface area contributed by atoms with Crippen molar-refractivity contribution in [1.82, 2.24) is 0 Å². The summed E-state index contributed by atoms with van der Waals surface area (Å²) in [7, 11) is 0. The lowest BCUT2D eigenvalue weighted by Crippen LogP contribution is -2.52. The predicted octanol–water partition coefficient (Wildman–Crippen LogP) is 0.212. The first-order chi connectivity index (χ1) is 9.60. The molecule has 0 spiro atoms. The van der Waals surface area contributed by atoms with Gasteiger partial charge in [-0.15, -0.1) is 0 Å². The Hall–Kier alpha value is -2.48. The van der Waals surface area contributed by atoms with Gasteiger partial charge in [-0.05, 0) is 13.8 Å². The standard InChI is InChI=1S/C7H12N4O10/c1-3-6(8(12)13,9(14)15)20-5-21-7(4-2,10(16)17)11(18)19/h3-5H2,1-2H3. The van der Waals surface area contributed by atoms with Crippen LogP contribution in [-0.4, -0.2) is 38.2 Å². The second-order valence-electron chi connectivity index (χ2n) is 3.63. The normalized spacial score (nSPS) is 11.9. The van der Waals surface area contributed by atoms with Gasteiger partial charge < -0.3 is 0 Å². The molecular weight excluding hydrogens is 300 g/mol. The van der Waals surface area contributed by atoms with Gasteiger partial charge in [-0.1, -0.05) is 0 Å². The van der Waals surface area contributed by atoms with E-state index in [0.717, 1.165) is 13.8 Å². The Balaban J connectivity index is 5.15. The molecule has 0 saturated carbocycles. The Morgan fingerprint density at radius 1 is 0.714 bits per heavy atom. The highest BCUT2D eigenvalue weighted by Gasteiger charge is 2.60. The second-order valence-corrected chi connectivity index (χ2v) is 3.63. The number of hydrogen-bond acceptors (Lipinski definition) is 10.